The Hall–Kier alpha value is -2.93. The second kappa shape index (κ2) is 7.83. The highest BCUT2D eigenvalue weighted by atomic mass is 19.1. The van der Waals surface area contributed by atoms with Gasteiger partial charge in [0.15, 0.2) is 11.6 Å². The molecule has 0 saturated heterocycles. The van der Waals surface area contributed by atoms with Gasteiger partial charge >= 0.3 is 0 Å². The number of aromatic nitrogens is 1. The maximum absolute atomic E-state index is 14.0. The molecule has 1 aromatic heterocycles. The summed E-state index contributed by atoms with van der Waals surface area (Å²) in [5.74, 6) is -1.21. The number of aromatic amines is 1. The van der Waals surface area contributed by atoms with Crippen molar-refractivity contribution in [3.8, 4) is 5.75 Å². The van der Waals surface area contributed by atoms with Gasteiger partial charge in [0.05, 0.1) is 0 Å². The number of benzene rings is 2. The fraction of sp³-hybridized carbons (Fsp3) is 0.318. The zero-order valence-electron chi connectivity index (χ0n) is 16.1. The van der Waals surface area contributed by atoms with Crippen LogP contribution >= 0.6 is 0 Å². The number of carbonyl (C=O) groups is 1. The van der Waals surface area contributed by atoms with Gasteiger partial charge in [-0.05, 0) is 62.1 Å². The van der Waals surface area contributed by atoms with Crippen LogP contribution < -0.4 is 15.8 Å². The lowest BCUT2D eigenvalue weighted by atomic mass is 9.95. The number of aryl methyl sites for hydroxylation is 1. The van der Waals surface area contributed by atoms with Gasteiger partial charge in [0.25, 0.3) is 0 Å². The number of primary amides is 1. The fourth-order valence-corrected chi connectivity index (χ4v) is 4.00. The summed E-state index contributed by atoms with van der Waals surface area (Å²) in [6, 6.07) is 7.43. The lowest BCUT2D eigenvalue weighted by molar-refractivity contribution is 0.0997. The van der Waals surface area contributed by atoms with E-state index in [2.05, 4.69) is 17.2 Å². The van der Waals surface area contributed by atoms with E-state index in [4.69, 9.17) is 10.5 Å². The number of nitrogens with one attached hydrogen (secondary N) is 2. The summed E-state index contributed by atoms with van der Waals surface area (Å²) in [4.78, 5) is 14.8. The molecular weight excluding hydrogens is 376 g/mol. The molecule has 2 unspecified atom stereocenters. The van der Waals surface area contributed by atoms with E-state index in [1.54, 1.807) is 12.1 Å². The SMILES string of the molecule is CC(CCc1c[nH]c2ccc(F)cc12)NC1COc2c(F)ccc(C(N)=O)c2C1. The minimum absolute atomic E-state index is 0.0576. The maximum atomic E-state index is 14.0. The van der Waals surface area contributed by atoms with Crippen LogP contribution in [0.4, 0.5) is 8.78 Å². The van der Waals surface area contributed by atoms with Crippen molar-refractivity contribution >= 4 is 16.8 Å². The lowest BCUT2D eigenvalue weighted by Gasteiger charge is -2.30. The topological polar surface area (TPSA) is 80.1 Å². The number of rotatable bonds is 6. The van der Waals surface area contributed by atoms with Crippen molar-refractivity contribution in [1.29, 1.82) is 0 Å². The fourth-order valence-electron chi connectivity index (χ4n) is 4.00. The van der Waals surface area contributed by atoms with Gasteiger partial charge in [-0.25, -0.2) is 8.78 Å². The van der Waals surface area contributed by atoms with Crippen molar-refractivity contribution in [2.75, 3.05) is 6.61 Å². The number of amides is 1. The van der Waals surface area contributed by atoms with E-state index >= 15 is 0 Å². The van der Waals surface area contributed by atoms with Crippen molar-refractivity contribution in [3.05, 3.63) is 64.9 Å². The first kappa shape index (κ1) is 19.4. The Morgan fingerprint density at radius 1 is 1.34 bits per heavy atom. The number of carbonyl (C=O) groups excluding carboxylic acids is 1. The quantitative estimate of drug-likeness (QED) is 0.594. The molecule has 1 aliphatic heterocycles. The van der Waals surface area contributed by atoms with Crippen molar-refractivity contribution < 1.29 is 18.3 Å². The molecule has 2 heterocycles. The average molecular weight is 399 g/mol. The summed E-state index contributed by atoms with van der Waals surface area (Å²) in [5.41, 5.74) is 8.22. The van der Waals surface area contributed by atoms with Crippen LogP contribution in [0.5, 0.6) is 5.75 Å². The average Bonchev–Trinajstić information content (AvgIpc) is 3.08. The van der Waals surface area contributed by atoms with Crippen molar-refractivity contribution in [2.45, 2.75) is 38.3 Å². The van der Waals surface area contributed by atoms with E-state index in [9.17, 15) is 13.6 Å². The standard InChI is InChI=1S/C22H23F2N3O2/c1-12(2-3-13-10-26-20-7-4-14(23)8-17(13)20)27-15-9-18-16(22(25)28)5-6-19(24)21(18)29-11-15/h4-8,10,12,15,26-27H,2-3,9,11H2,1H3,(H2,25,28). The number of nitrogens with two attached hydrogens (primary N) is 1. The second-order valence-corrected chi connectivity index (χ2v) is 7.59. The van der Waals surface area contributed by atoms with Gasteiger partial charge in [-0.15, -0.1) is 0 Å². The molecule has 4 N–H and O–H groups in total. The largest absolute Gasteiger partial charge is 0.489 e. The molecule has 0 radical (unpaired) electrons. The van der Waals surface area contributed by atoms with E-state index in [0.717, 1.165) is 29.3 Å². The van der Waals surface area contributed by atoms with Crippen molar-refractivity contribution in [1.82, 2.24) is 10.3 Å². The maximum Gasteiger partial charge on any atom is 0.249 e. The van der Waals surface area contributed by atoms with E-state index in [-0.39, 0.29) is 23.7 Å². The molecule has 3 aromatic rings. The molecule has 0 spiro atoms. The molecule has 7 heteroatoms. The van der Waals surface area contributed by atoms with Crippen LogP contribution in [0.15, 0.2) is 36.5 Å². The minimum atomic E-state index is -0.592. The van der Waals surface area contributed by atoms with Gasteiger partial charge in [-0.3, -0.25) is 4.79 Å². The van der Waals surface area contributed by atoms with Crippen LogP contribution in [-0.4, -0.2) is 29.6 Å². The normalized spacial score (nSPS) is 17.0. The van der Waals surface area contributed by atoms with Crippen molar-refractivity contribution in [3.63, 3.8) is 0 Å². The smallest absolute Gasteiger partial charge is 0.249 e. The van der Waals surface area contributed by atoms with Crippen LogP contribution in [0, 0.1) is 11.6 Å². The third kappa shape index (κ3) is 3.96. The molecule has 0 saturated carbocycles. The Balaban J connectivity index is 1.41. The molecule has 4 rings (SSSR count). The summed E-state index contributed by atoms with van der Waals surface area (Å²) >= 11 is 0. The third-order valence-electron chi connectivity index (χ3n) is 5.45. The van der Waals surface area contributed by atoms with Gasteiger partial charge in [0.1, 0.15) is 12.4 Å². The summed E-state index contributed by atoms with van der Waals surface area (Å²) in [5, 5.41) is 4.38. The van der Waals surface area contributed by atoms with Crippen LogP contribution in [-0.2, 0) is 12.8 Å². The second-order valence-electron chi connectivity index (χ2n) is 7.59. The predicted octanol–water partition coefficient (Wildman–Crippen LogP) is 3.46. The highest BCUT2D eigenvalue weighted by molar-refractivity contribution is 5.95. The van der Waals surface area contributed by atoms with E-state index < -0.39 is 11.7 Å². The Morgan fingerprint density at radius 2 is 2.17 bits per heavy atom. The summed E-state index contributed by atoms with van der Waals surface area (Å²) in [7, 11) is 0. The lowest BCUT2D eigenvalue weighted by Crippen LogP contribution is -2.44. The van der Waals surface area contributed by atoms with E-state index in [0.29, 0.717) is 24.2 Å². The molecule has 5 nitrogen and oxygen atoms in total. The van der Waals surface area contributed by atoms with E-state index in [1.165, 1.54) is 18.2 Å². The van der Waals surface area contributed by atoms with Gasteiger partial charge in [0, 0.05) is 40.3 Å². The predicted molar refractivity (Wildman–Crippen MR) is 107 cm³/mol. The summed E-state index contributed by atoms with van der Waals surface area (Å²) in [6.45, 7) is 2.38. The Kier molecular flexibility index (Phi) is 5.24. The zero-order chi connectivity index (χ0) is 20.5. The van der Waals surface area contributed by atoms with Gasteiger partial charge in [-0.2, -0.15) is 0 Å². The number of fused-ring (bicyclic) bond motifs is 2. The number of hydrogen-bond donors (Lipinski definition) is 3. The Morgan fingerprint density at radius 3 is 2.97 bits per heavy atom. The van der Waals surface area contributed by atoms with Crippen LogP contribution in [0.3, 0.4) is 0 Å². The first-order valence-corrected chi connectivity index (χ1v) is 9.68. The molecule has 2 aromatic carbocycles. The third-order valence-corrected chi connectivity index (χ3v) is 5.45. The number of halogens is 2. The highest BCUT2D eigenvalue weighted by Crippen LogP contribution is 2.31. The molecule has 0 bridgehead atoms. The van der Waals surface area contributed by atoms with E-state index in [1.807, 2.05) is 6.20 Å². The minimum Gasteiger partial charge on any atom is -0.489 e. The Labute approximate surface area is 167 Å². The van der Waals surface area contributed by atoms with Gasteiger partial charge in [0.2, 0.25) is 5.91 Å². The van der Waals surface area contributed by atoms with Crippen molar-refractivity contribution in [2.24, 2.45) is 5.73 Å². The first-order chi connectivity index (χ1) is 13.9. The number of hydrogen-bond acceptors (Lipinski definition) is 3. The molecule has 152 valence electrons. The molecule has 29 heavy (non-hydrogen) atoms. The molecule has 1 amide bonds. The van der Waals surface area contributed by atoms with Gasteiger partial charge in [-0.1, -0.05) is 0 Å². The summed E-state index contributed by atoms with van der Waals surface area (Å²) in [6.07, 6.45) is 3.99. The van der Waals surface area contributed by atoms with Crippen LogP contribution in [0.1, 0.15) is 34.8 Å². The van der Waals surface area contributed by atoms with Gasteiger partial charge < -0.3 is 20.8 Å². The Bertz CT molecular complexity index is 1060. The zero-order valence-corrected chi connectivity index (χ0v) is 16.1. The highest BCUT2D eigenvalue weighted by Gasteiger charge is 2.27. The number of ether oxygens (including phenoxy) is 1. The number of H-pyrrole nitrogens is 1. The molecule has 0 aliphatic carbocycles. The molecule has 2 atom stereocenters. The molecule has 0 fully saturated rings. The van der Waals surface area contributed by atoms with Crippen LogP contribution in [0.2, 0.25) is 0 Å². The molecule has 1 aliphatic rings. The summed E-state index contributed by atoms with van der Waals surface area (Å²) < 4.78 is 33.1. The molecular formula is C22H23F2N3O2. The monoisotopic (exact) mass is 399 g/mol. The first-order valence-electron chi connectivity index (χ1n) is 9.68. The van der Waals surface area contributed by atoms with Crippen LogP contribution in [0.25, 0.3) is 10.9 Å².